The highest BCUT2D eigenvalue weighted by molar-refractivity contribution is 6.30. The lowest BCUT2D eigenvalue weighted by Gasteiger charge is -2.17. The van der Waals surface area contributed by atoms with Crippen molar-refractivity contribution in [3.05, 3.63) is 76.3 Å². The van der Waals surface area contributed by atoms with Crippen LogP contribution in [0, 0.1) is 6.92 Å². The van der Waals surface area contributed by atoms with Crippen LogP contribution < -0.4 is 0 Å². The molecule has 1 amide bonds. The van der Waals surface area contributed by atoms with Crippen molar-refractivity contribution >= 4 is 29.6 Å². The molecule has 25 heavy (non-hydrogen) atoms. The van der Waals surface area contributed by atoms with E-state index >= 15 is 0 Å². The number of likely N-dealkylation sites (N-methyl/N-ethyl adjacent to an activating group) is 1. The third-order valence-electron chi connectivity index (χ3n) is 3.59. The van der Waals surface area contributed by atoms with Crippen molar-refractivity contribution < 1.29 is 14.3 Å². The minimum Gasteiger partial charge on any atom is -0.452 e. The second kappa shape index (κ2) is 9.04. The molecular weight excluding hydrogens is 338 g/mol. The molecule has 0 aliphatic carbocycles. The molecule has 0 spiro atoms. The average molecular weight is 358 g/mol. The number of benzene rings is 2. The van der Waals surface area contributed by atoms with Crippen molar-refractivity contribution in [2.24, 2.45) is 0 Å². The fourth-order valence-corrected chi connectivity index (χ4v) is 2.21. The molecular formula is C20H20ClNO3. The number of nitrogens with zero attached hydrogens (tertiary/aromatic N) is 1. The Morgan fingerprint density at radius 2 is 1.72 bits per heavy atom. The molecule has 0 aliphatic rings. The lowest BCUT2D eigenvalue weighted by Crippen LogP contribution is -2.30. The van der Waals surface area contributed by atoms with Crippen molar-refractivity contribution in [3.8, 4) is 0 Å². The quantitative estimate of drug-likeness (QED) is 0.582. The van der Waals surface area contributed by atoms with E-state index in [9.17, 15) is 9.59 Å². The van der Waals surface area contributed by atoms with Crippen LogP contribution in [-0.2, 0) is 20.9 Å². The maximum atomic E-state index is 12.0. The molecule has 0 saturated heterocycles. The van der Waals surface area contributed by atoms with Crippen LogP contribution >= 0.6 is 11.6 Å². The Kier molecular flexibility index (Phi) is 6.78. The highest BCUT2D eigenvalue weighted by Crippen LogP contribution is 2.10. The number of hydrogen-bond donors (Lipinski definition) is 0. The number of aryl methyl sites for hydroxylation is 1. The van der Waals surface area contributed by atoms with Crippen LogP contribution in [0.3, 0.4) is 0 Å². The summed E-state index contributed by atoms with van der Waals surface area (Å²) in [7, 11) is 1.68. The van der Waals surface area contributed by atoms with E-state index in [-0.39, 0.29) is 12.5 Å². The fraction of sp³-hybridized carbons (Fsp3) is 0.200. The van der Waals surface area contributed by atoms with E-state index in [1.807, 2.05) is 31.2 Å². The van der Waals surface area contributed by atoms with Crippen LogP contribution in [0.1, 0.15) is 16.7 Å². The van der Waals surface area contributed by atoms with Crippen molar-refractivity contribution in [1.29, 1.82) is 0 Å². The monoisotopic (exact) mass is 357 g/mol. The van der Waals surface area contributed by atoms with Crippen LogP contribution in [0.4, 0.5) is 0 Å². The molecule has 0 unspecified atom stereocenters. The number of esters is 1. The molecule has 0 bridgehead atoms. The Bertz CT molecular complexity index is 752. The molecule has 2 aromatic rings. The molecule has 2 aromatic carbocycles. The molecule has 0 fully saturated rings. The first-order valence-electron chi connectivity index (χ1n) is 7.84. The first-order chi connectivity index (χ1) is 11.9. The Morgan fingerprint density at radius 1 is 1.08 bits per heavy atom. The molecule has 5 heteroatoms. The van der Waals surface area contributed by atoms with Gasteiger partial charge in [0.1, 0.15) is 0 Å². The third kappa shape index (κ3) is 6.43. The largest absolute Gasteiger partial charge is 0.452 e. The molecule has 0 saturated carbocycles. The van der Waals surface area contributed by atoms with Crippen LogP contribution in [-0.4, -0.2) is 30.4 Å². The average Bonchev–Trinajstić information content (AvgIpc) is 2.61. The maximum absolute atomic E-state index is 12.0. The number of ether oxygens (including phenoxy) is 1. The molecule has 0 heterocycles. The molecule has 130 valence electrons. The Morgan fingerprint density at radius 3 is 2.36 bits per heavy atom. The smallest absolute Gasteiger partial charge is 0.331 e. The molecule has 0 aromatic heterocycles. The Labute approximate surface area is 152 Å². The second-order valence-electron chi connectivity index (χ2n) is 5.73. The van der Waals surface area contributed by atoms with Gasteiger partial charge < -0.3 is 9.64 Å². The van der Waals surface area contributed by atoms with Crippen molar-refractivity contribution in [2.45, 2.75) is 13.5 Å². The van der Waals surface area contributed by atoms with Gasteiger partial charge in [-0.25, -0.2) is 4.79 Å². The van der Waals surface area contributed by atoms with E-state index in [1.54, 1.807) is 37.4 Å². The molecule has 2 rings (SSSR count). The van der Waals surface area contributed by atoms with E-state index in [4.69, 9.17) is 16.3 Å². The maximum Gasteiger partial charge on any atom is 0.331 e. The van der Waals surface area contributed by atoms with Gasteiger partial charge in [-0.2, -0.15) is 0 Å². The van der Waals surface area contributed by atoms with E-state index in [1.165, 1.54) is 16.5 Å². The van der Waals surface area contributed by atoms with E-state index < -0.39 is 5.97 Å². The summed E-state index contributed by atoms with van der Waals surface area (Å²) in [4.78, 5) is 25.3. The molecule has 4 nitrogen and oxygen atoms in total. The van der Waals surface area contributed by atoms with Crippen LogP contribution in [0.25, 0.3) is 6.08 Å². The first-order valence-corrected chi connectivity index (χ1v) is 8.22. The molecule has 0 atom stereocenters. The summed E-state index contributed by atoms with van der Waals surface area (Å²) < 4.78 is 4.98. The number of halogens is 1. The van der Waals surface area contributed by atoms with Gasteiger partial charge in [-0.3, -0.25) is 4.79 Å². The normalized spacial score (nSPS) is 10.7. The van der Waals surface area contributed by atoms with Crippen molar-refractivity contribution in [2.75, 3.05) is 13.7 Å². The van der Waals surface area contributed by atoms with Gasteiger partial charge in [-0.15, -0.1) is 0 Å². The zero-order valence-corrected chi connectivity index (χ0v) is 15.0. The van der Waals surface area contributed by atoms with Crippen LogP contribution in [0.15, 0.2) is 54.6 Å². The molecule has 0 N–H and O–H groups in total. The number of rotatable bonds is 6. The summed E-state index contributed by atoms with van der Waals surface area (Å²) in [6.07, 6.45) is 2.90. The van der Waals surface area contributed by atoms with Gasteiger partial charge in [0, 0.05) is 24.7 Å². The predicted molar refractivity (Wildman–Crippen MR) is 99.1 cm³/mol. The molecule has 0 radical (unpaired) electrons. The topological polar surface area (TPSA) is 46.6 Å². The van der Waals surface area contributed by atoms with Gasteiger partial charge in [-0.05, 0) is 36.3 Å². The van der Waals surface area contributed by atoms with E-state index in [2.05, 4.69) is 0 Å². The predicted octanol–water partition coefficient (Wildman–Crippen LogP) is 3.86. The summed E-state index contributed by atoms with van der Waals surface area (Å²) >= 11 is 5.80. The zero-order valence-electron chi connectivity index (χ0n) is 14.2. The van der Waals surface area contributed by atoms with Gasteiger partial charge >= 0.3 is 5.97 Å². The summed E-state index contributed by atoms with van der Waals surface area (Å²) in [5, 5.41) is 0.627. The highest BCUT2D eigenvalue weighted by Gasteiger charge is 2.11. The van der Waals surface area contributed by atoms with Gasteiger partial charge in [-0.1, -0.05) is 53.6 Å². The number of carbonyl (C=O) groups is 2. The minimum absolute atomic E-state index is 0.256. The Balaban J connectivity index is 1.79. The summed E-state index contributed by atoms with van der Waals surface area (Å²) in [6, 6.07) is 15.0. The lowest BCUT2D eigenvalue weighted by atomic mass is 10.1. The van der Waals surface area contributed by atoms with Crippen molar-refractivity contribution in [3.63, 3.8) is 0 Å². The lowest BCUT2D eigenvalue weighted by molar-refractivity contribution is -0.147. The standard InChI is InChI=1S/C20H20ClNO3/c1-15-3-5-17(6-4-15)13-22(2)19(23)14-25-20(24)12-9-16-7-10-18(21)11-8-16/h3-12H,13-14H2,1-2H3/b12-9+. The first kappa shape index (κ1) is 18.7. The van der Waals surface area contributed by atoms with Gasteiger partial charge in [0.25, 0.3) is 5.91 Å². The van der Waals surface area contributed by atoms with E-state index in [0.717, 1.165) is 11.1 Å². The third-order valence-corrected chi connectivity index (χ3v) is 3.84. The fourth-order valence-electron chi connectivity index (χ4n) is 2.08. The summed E-state index contributed by atoms with van der Waals surface area (Å²) in [6.45, 7) is 2.19. The zero-order chi connectivity index (χ0) is 18.2. The van der Waals surface area contributed by atoms with Gasteiger partial charge in [0.15, 0.2) is 6.61 Å². The summed E-state index contributed by atoms with van der Waals surface area (Å²) in [5.74, 6) is -0.819. The number of carbonyl (C=O) groups excluding carboxylic acids is 2. The number of amides is 1. The SMILES string of the molecule is Cc1ccc(CN(C)C(=O)COC(=O)/C=C/c2ccc(Cl)cc2)cc1. The second-order valence-corrected chi connectivity index (χ2v) is 6.16. The van der Waals surface area contributed by atoms with Crippen molar-refractivity contribution in [1.82, 2.24) is 4.90 Å². The van der Waals surface area contributed by atoms with Gasteiger partial charge in [0.2, 0.25) is 0 Å². The minimum atomic E-state index is -0.563. The number of hydrogen-bond acceptors (Lipinski definition) is 3. The van der Waals surface area contributed by atoms with Crippen LogP contribution in [0.5, 0.6) is 0 Å². The summed E-state index contributed by atoms with van der Waals surface area (Å²) in [5.41, 5.74) is 3.01. The van der Waals surface area contributed by atoms with E-state index in [0.29, 0.717) is 11.6 Å². The van der Waals surface area contributed by atoms with Gasteiger partial charge in [0.05, 0.1) is 0 Å². The highest BCUT2D eigenvalue weighted by atomic mass is 35.5. The molecule has 0 aliphatic heterocycles. The Hall–Kier alpha value is -2.59. The van der Waals surface area contributed by atoms with Crippen LogP contribution in [0.2, 0.25) is 5.02 Å².